The second-order valence-electron chi connectivity index (χ2n) is 9.60. The Bertz CT molecular complexity index is 821. The van der Waals surface area contributed by atoms with Gasteiger partial charge in [0.15, 0.2) is 0 Å². The van der Waals surface area contributed by atoms with E-state index in [2.05, 4.69) is 58.9 Å². The fraction of sp³-hybridized carbons (Fsp3) is 0.520. The molecule has 2 aromatic rings. The minimum atomic E-state index is -1.32. The second kappa shape index (κ2) is 8.50. The van der Waals surface area contributed by atoms with E-state index in [1.165, 1.54) is 6.42 Å². The molecule has 0 saturated carbocycles. The molecular weight excluding hydrogens is 426 g/mol. The number of benzene rings is 2. The van der Waals surface area contributed by atoms with Crippen LogP contribution < -0.4 is 0 Å². The van der Waals surface area contributed by atoms with Crippen molar-refractivity contribution >= 4 is 15.9 Å². The zero-order valence-electron chi connectivity index (χ0n) is 18.2. The number of rotatable bonds is 5. The smallest absolute Gasteiger partial charge is 0.137 e. The van der Waals surface area contributed by atoms with Gasteiger partial charge >= 0.3 is 0 Å². The molecule has 2 aromatic carbocycles. The summed E-state index contributed by atoms with van der Waals surface area (Å²) in [6, 6.07) is 16.4. The van der Waals surface area contributed by atoms with Crippen molar-refractivity contribution in [2.24, 2.45) is 11.8 Å². The summed E-state index contributed by atoms with van der Waals surface area (Å²) >= 11 is 3.50. The number of hydrogen-bond acceptors (Lipinski definition) is 3. The molecule has 1 heterocycles. The Balaban J connectivity index is 1.98. The van der Waals surface area contributed by atoms with Crippen molar-refractivity contribution in [3.05, 3.63) is 58.6 Å². The van der Waals surface area contributed by atoms with Crippen molar-refractivity contribution < 1.29 is 10.2 Å². The van der Waals surface area contributed by atoms with E-state index in [9.17, 15) is 10.2 Å². The molecule has 1 saturated heterocycles. The van der Waals surface area contributed by atoms with Crippen LogP contribution in [0.3, 0.4) is 0 Å². The number of hydrogen-bond donors (Lipinski definition) is 2. The molecule has 1 fully saturated rings. The summed E-state index contributed by atoms with van der Waals surface area (Å²) in [5, 5.41) is 23.0. The van der Waals surface area contributed by atoms with Gasteiger partial charge < -0.3 is 10.2 Å². The molecule has 0 aromatic heterocycles. The quantitative estimate of drug-likeness (QED) is 0.625. The van der Waals surface area contributed by atoms with E-state index in [4.69, 9.17) is 0 Å². The molecule has 2 N–H and O–H groups in total. The Kier molecular flexibility index (Phi) is 6.59. The SMILES string of the molecule is CC1CC(C)CN(C(O)C(C)(O)C(C)(C)c2ccccc2-c2ccc(Br)cc2)C1. The summed E-state index contributed by atoms with van der Waals surface area (Å²) in [7, 11) is 0. The molecule has 1 aliphatic heterocycles. The Hall–Kier alpha value is -1.20. The third-order valence-electron chi connectivity index (χ3n) is 6.77. The van der Waals surface area contributed by atoms with Crippen LogP contribution in [-0.4, -0.2) is 40.0 Å². The number of likely N-dealkylation sites (tertiary alicyclic amines) is 1. The lowest BCUT2D eigenvalue weighted by Gasteiger charge is -2.49. The van der Waals surface area contributed by atoms with Gasteiger partial charge in [-0.1, -0.05) is 80.0 Å². The van der Waals surface area contributed by atoms with Crippen molar-refractivity contribution in [2.75, 3.05) is 13.1 Å². The van der Waals surface area contributed by atoms with Crippen LogP contribution in [0.4, 0.5) is 0 Å². The Morgan fingerprint density at radius 1 is 0.966 bits per heavy atom. The summed E-state index contributed by atoms with van der Waals surface area (Å²) in [5.41, 5.74) is 1.22. The highest BCUT2D eigenvalue weighted by atomic mass is 79.9. The fourth-order valence-electron chi connectivity index (χ4n) is 4.77. The van der Waals surface area contributed by atoms with E-state index in [0.717, 1.165) is 34.3 Å². The van der Waals surface area contributed by atoms with Crippen molar-refractivity contribution in [1.29, 1.82) is 0 Å². The first kappa shape index (κ1) is 22.5. The molecule has 4 heteroatoms. The zero-order valence-corrected chi connectivity index (χ0v) is 19.8. The molecule has 0 spiro atoms. The van der Waals surface area contributed by atoms with Crippen LogP contribution >= 0.6 is 15.9 Å². The van der Waals surface area contributed by atoms with Crippen LogP contribution in [0.25, 0.3) is 11.1 Å². The molecule has 1 aliphatic rings. The first-order valence-electron chi connectivity index (χ1n) is 10.5. The predicted octanol–water partition coefficient (Wildman–Crippen LogP) is 5.44. The van der Waals surface area contributed by atoms with Crippen molar-refractivity contribution in [1.82, 2.24) is 4.90 Å². The number of piperidine rings is 1. The highest BCUT2D eigenvalue weighted by molar-refractivity contribution is 9.10. The number of halogens is 1. The summed E-state index contributed by atoms with van der Waals surface area (Å²) in [5.74, 6) is 1.03. The molecule has 0 bridgehead atoms. The fourth-order valence-corrected chi connectivity index (χ4v) is 5.04. The van der Waals surface area contributed by atoms with Gasteiger partial charge in [-0.05, 0) is 54.0 Å². The van der Waals surface area contributed by atoms with Crippen LogP contribution in [0.1, 0.15) is 46.6 Å². The largest absolute Gasteiger partial charge is 0.385 e. The van der Waals surface area contributed by atoms with Crippen molar-refractivity contribution in [3.63, 3.8) is 0 Å². The Morgan fingerprint density at radius 3 is 2.10 bits per heavy atom. The van der Waals surface area contributed by atoms with Gasteiger partial charge in [0.2, 0.25) is 0 Å². The first-order chi connectivity index (χ1) is 13.5. The lowest BCUT2D eigenvalue weighted by atomic mass is 9.67. The van der Waals surface area contributed by atoms with Gasteiger partial charge in [-0.25, -0.2) is 0 Å². The molecule has 0 aliphatic carbocycles. The van der Waals surface area contributed by atoms with E-state index in [0.29, 0.717) is 11.8 Å². The molecule has 3 nitrogen and oxygen atoms in total. The lowest BCUT2D eigenvalue weighted by Crippen LogP contribution is -2.62. The second-order valence-corrected chi connectivity index (χ2v) is 10.5. The van der Waals surface area contributed by atoms with Gasteiger partial charge in [0.1, 0.15) is 11.8 Å². The lowest BCUT2D eigenvalue weighted by molar-refractivity contribution is -0.181. The van der Waals surface area contributed by atoms with Crippen LogP contribution in [0.15, 0.2) is 53.0 Å². The van der Waals surface area contributed by atoms with Gasteiger partial charge in [0.25, 0.3) is 0 Å². The Morgan fingerprint density at radius 2 is 1.52 bits per heavy atom. The number of nitrogens with zero attached hydrogens (tertiary/aromatic N) is 1. The normalized spacial score (nSPS) is 24.1. The van der Waals surface area contributed by atoms with E-state index in [-0.39, 0.29) is 0 Å². The molecule has 29 heavy (non-hydrogen) atoms. The molecule has 3 rings (SSSR count). The maximum Gasteiger partial charge on any atom is 0.137 e. The average Bonchev–Trinajstić information content (AvgIpc) is 2.67. The third kappa shape index (κ3) is 4.46. The third-order valence-corrected chi connectivity index (χ3v) is 7.30. The predicted molar refractivity (Wildman–Crippen MR) is 124 cm³/mol. The van der Waals surface area contributed by atoms with Gasteiger partial charge in [0, 0.05) is 23.0 Å². The monoisotopic (exact) mass is 459 g/mol. The molecule has 158 valence electrons. The van der Waals surface area contributed by atoms with E-state index >= 15 is 0 Å². The zero-order chi connectivity index (χ0) is 21.4. The van der Waals surface area contributed by atoms with Crippen LogP contribution in [-0.2, 0) is 5.41 Å². The number of aliphatic hydroxyl groups excluding tert-OH is 1. The van der Waals surface area contributed by atoms with Gasteiger partial charge in [-0.3, -0.25) is 4.90 Å². The summed E-state index contributed by atoms with van der Waals surface area (Å²) in [6.07, 6.45) is 0.238. The van der Waals surface area contributed by atoms with Gasteiger partial charge in [-0.15, -0.1) is 0 Å². The van der Waals surface area contributed by atoms with Crippen molar-refractivity contribution in [3.8, 4) is 11.1 Å². The summed E-state index contributed by atoms with van der Waals surface area (Å²) in [6.45, 7) is 11.9. The van der Waals surface area contributed by atoms with Crippen LogP contribution in [0.2, 0.25) is 0 Å². The van der Waals surface area contributed by atoms with Crippen LogP contribution in [0.5, 0.6) is 0 Å². The minimum Gasteiger partial charge on any atom is -0.385 e. The van der Waals surface area contributed by atoms with E-state index < -0.39 is 17.2 Å². The molecular formula is C25H34BrNO2. The topological polar surface area (TPSA) is 43.7 Å². The van der Waals surface area contributed by atoms with Crippen molar-refractivity contribution in [2.45, 2.75) is 58.3 Å². The Labute approximate surface area is 183 Å². The average molecular weight is 460 g/mol. The van der Waals surface area contributed by atoms with Crippen LogP contribution in [0, 0.1) is 11.8 Å². The molecule has 0 radical (unpaired) electrons. The molecule has 0 amide bonds. The van der Waals surface area contributed by atoms with E-state index in [1.54, 1.807) is 6.92 Å². The maximum absolute atomic E-state index is 11.7. The summed E-state index contributed by atoms with van der Waals surface area (Å²) < 4.78 is 1.04. The highest BCUT2D eigenvalue weighted by Gasteiger charge is 2.49. The first-order valence-corrected chi connectivity index (χ1v) is 11.3. The van der Waals surface area contributed by atoms with Gasteiger partial charge in [0.05, 0.1) is 0 Å². The molecule has 4 atom stereocenters. The highest BCUT2D eigenvalue weighted by Crippen LogP contribution is 2.43. The standard InChI is InChI=1S/C25H34BrNO2/c1-17-14-18(2)16-27(15-17)23(28)25(5,29)24(3,4)22-9-7-6-8-21(22)19-10-12-20(26)13-11-19/h6-13,17-18,23,28-29H,14-16H2,1-5H3. The maximum atomic E-state index is 11.7. The van der Waals surface area contributed by atoms with Gasteiger partial charge in [-0.2, -0.15) is 0 Å². The number of aliphatic hydroxyl groups is 2. The summed E-state index contributed by atoms with van der Waals surface area (Å²) in [4.78, 5) is 2.06. The molecule has 4 unspecified atom stereocenters. The minimum absolute atomic E-state index is 0.516. The van der Waals surface area contributed by atoms with E-state index in [1.807, 2.05) is 38.1 Å².